The molecule has 122 valence electrons. The lowest BCUT2D eigenvalue weighted by atomic mass is 10.1. The lowest BCUT2D eigenvalue weighted by Crippen LogP contribution is -2.26. The molecule has 2 aromatic rings. The van der Waals surface area contributed by atoms with Crippen molar-refractivity contribution in [3.05, 3.63) is 59.7 Å². The summed E-state index contributed by atoms with van der Waals surface area (Å²) in [6, 6.07) is 15.3. The van der Waals surface area contributed by atoms with Crippen LogP contribution in [-0.4, -0.2) is 26.9 Å². The maximum Gasteiger partial charge on any atom is 0.407 e. The van der Waals surface area contributed by atoms with Crippen molar-refractivity contribution in [1.29, 1.82) is 0 Å². The molecule has 0 aliphatic carbocycles. The van der Waals surface area contributed by atoms with Gasteiger partial charge < -0.3 is 19.5 Å². The van der Waals surface area contributed by atoms with Crippen LogP contribution >= 0.6 is 0 Å². The minimum atomic E-state index is -0.422. The predicted molar refractivity (Wildman–Crippen MR) is 87.9 cm³/mol. The van der Waals surface area contributed by atoms with Gasteiger partial charge in [0.25, 0.3) is 0 Å². The Morgan fingerprint density at radius 1 is 0.957 bits per heavy atom. The molecule has 0 aliphatic heterocycles. The molecule has 5 heteroatoms. The normalized spacial score (nSPS) is 10.0. The molecule has 5 nitrogen and oxygen atoms in total. The Morgan fingerprint density at radius 3 is 2.39 bits per heavy atom. The van der Waals surface area contributed by atoms with E-state index >= 15 is 0 Å². The van der Waals surface area contributed by atoms with Crippen molar-refractivity contribution >= 4 is 6.09 Å². The highest BCUT2D eigenvalue weighted by Crippen LogP contribution is 2.27. The zero-order chi connectivity index (χ0) is 16.5. The van der Waals surface area contributed by atoms with Crippen LogP contribution in [0.15, 0.2) is 48.5 Å². The number of carbonyl (C=O) groups excluding carboxylic acids is 1. The standard InChI is InChI=1S/C18H21NO4/c1-21-16-9-8-14(12-17(16)22-2)10-11-19-18(20)23-13-15-6-4-3-5-7-15/h3-9,12H,10-11,13H2,1-2H3,(H,19,20). The van der Waals surface area contributed by atoms with Crippen molar-refractivity contribution in [2.75, 3.05) is 20.8 Å². The zero-order valence-corrected chi connectivity index (χ0v) is 13.4. The average Bonchev–Trinajstić information content (AvgIpc) is 2.60. The quantitative estimate of drug-likeness (QED) is 0.852. The number of amides is 1. The van der Waals surface area contributed by atoms with E-state index in [2.05, 4.69) is 5.32 Å². The largest absolute Gasteiger partial charge is 0.493 e. The molecule has 0 fully saturated rings. The molecule has 0 bridgehead atoms. The molecule has 0 radical (unpaired) electrons. The molecule has 0 atom stereocenters. The fourth-order valence-electron chi connectivity index (χ4n) is 2.12. The third kappa shape index (κ3) is 5.21. The van der Waals surface area contributed by atoms with Gasteiger partial charge in [0, 0.05) is 6.54 Å². The Labute approximate surface area is 136 Å². The third-order valence-electron chi connectivity index (χ3n) is 3.34. The van der Waals surface area contributed by atoms with Crippen LogP contribution in [0.3, 0.4) is 0 Å². The minimum Gasteiger partial charge on any atom is -0.493 e. The Morgan fingerprint density at radius 2 is 1.70 bits per heavy atom. The van der Waals surface area contributed by atoms with Crippen molar-refractivity contribution in [2.45, 2.75) is 13.0 Å². The predicted octanol–water partition coefficient (Wildman–Crippen LogP) is 3.17. The highest BCUT2D eigenvalue weighted by molar-refractivity contribution is 5.67. The topological polar surface area (TPSA) is 56.8 Å². The summed E-state index contributed by atoms with van der Waals surface area (Å²) in [5, 5.41) is 2.73. The number of ether oxygens (including phenoxy) is 3. The van der Waals surface area contributed by atoms with Crippen LogP contribution in [0.25, 0.3) is 0 Å². The van der Waals surface area contributed by atoms with Crippen LogP contribution in [0, 0.1) is 0 Å². The van der Waals surface area contributed by atoms with Gasteiger partial charge in [-0.05, 0) is 29.7 Å². The van der Waals surface area contributed by atoms with E-state index in [9.17, 15) is 4.79 Å². The van der Waals surface area contributed by atoms with E-state index in [4.69, 9.17) is 14.2 Å². The Balaban J connectivity index is 1.75. The van der Waals surface area contributed by atoms with E-state index in [1.54, 1.807) is 14.2 Å². The van der Waals surface area contributed by atoms with Gasteiger partial charge >= 0.3 is 6.09 Å². The first kappa shape index (κ1) is 16.7. The van der Waals surface area contributed by atoms with E-state index in [1.807, 2.05) is 48.5 Å². The van der Waals surface area contributed by atoms with Gasteiger partial charge in [0.2, 0.25) is 0 Å². The average molecular weight is 315 g/mol. The molecule has 0 aromatic heterocycles. The maximum absolute atomic E-state index is 11.7. The van der Waals surface area contributed by atoms with Gasteiger partial charge in [-0.1, -0.05) is 36.4 Å². The molecule has 0 saturated carbocycles. The van der Waals surface area contributed by atoms with Gasteiger partial charge in [-0.3, -0.25) is 0 Å². The molecule has 0 saturated heterocycles. The summed E-state index contributed by atoms with van der Waals surface area (Å²) in [6.45, 7) is 0.756. The molecule has 0 heterocycles. The highest BCUT2D eigenvalue weighted by Gasteiger charge is 2.06. The van der Waals surface area contributed by atoms with Crippen LogP contribution in [-0.2, 0) is 17.8 Å². The van der Waals surface area contributed by atoms with Crippen LogP contribution < -0.4 is 14.8 Å². The van der Waals surface area contributed by atoms with Gasteiger partial charge in [0.15, 0.2) is 11.5 Å². The summed E-state index contributed by atoms with van der Waals surface area (Å²) in [4.78, 5) is 11.7. The number of hydrogen-bond donors (Lipinski definition) is 1. The van der Waals surface area contributed by atoms with Gasteiger partial charge in [0.1, 0.15) is 6.61 Å². The van der Waals surface area contributed by atoms with Crippen molar-refractivity contribution < 1.29 is 19.0 Å². The lowest BCUT2D eigenvalue weighted by molar-refractivity contribution is 0.140. The molecule has 23 heavy (non-hydrogen) atoms. The minimum absolute atomic E-state index is 0.267. The summed E-state index contributed by atoms with van der Waals surface area (Å²) in [5.74, 6) is 1.36. The third-order valence-corrected chi connectivity index (χ3v) is 3.34. The highest BCUT2D eigenvalue weighted by atomic mass is 16.5. The molecule has 0 aliphatic rings. The van der Waals surface area contributed by atoms with Gasteiger partial charge in [-0.25, -0.2) is 4.79 Å². The molecule has 0 unspecified atom stereocenters. The number of benzene rings is 2. The second-order valence-electron chi connectivity index (χ2n) is 4.93. The Bertz CT molecular complexity index is 628. The van der Waals surface area contributed by atoms with Crippen molar-refractivity contribution in [3.63, 3.8) is 0 Å². The number of alkyl carbamates (subject to hydrolysis) is 1. The van der Waals surface area contributed by atoms with Crippen molar-refractivity contribution in [2.24, 2.45) is 0 Å². The van der Waals surface area contributed by atoms with Gasteiger partial charge in [0.05, 0.1) is 14.2 Å². The fourth-order valence-corrected chi connectivity index (χ4v) is 2.12. The van der Waals surface area contributed by atoms with Gasteiger partial charge in [-0.2, -0.15) is 0 Å². The summed E-state index contributed by atoms with van der Waals surface area (Å²) in [7, 11) is 3.20. The van der Waals surface area contributed by atoms with Crippen molar-refractivity contribution in [3.8, 4) is 11.5 Å². The molecule has 2 aromatic carbocycles. The summed E-state index contributed by atoms with van der Waals surface area (Å²) in [6.07, 6.45) is 0.259. The van der Waals surface area contributed by atoms with Crippen LogP contribution in [0.1, 0.15) is 11.1 Å². The smallest absolute Gasteiger partial charge is 0.407 e. The van der Waals surface area contributed by atoms with Crippen molar-refractivity contribution in [1.82, 2.24) is 5.32 Å². The fraction of sp³-hybridized carbons (Fsp3) is 0.278. The van der Waals surface area contributed by atoms with E-state index < -0.39 is 6.09 Å². The lowest BCUT2D eigenvalue weighted by Gasteiger charge is -2.10. The van der Waals surface area contributed by atoms with Crippen LogP contribution in [0.4, 0.5) is 4.79 Å². The summed E-state index contributed by atoms with van der Waals surface area (Å²) < 4.78 is 15.6. The molecule has 2 rings (SSSR count). The van der Waals surface area contributed by atoms with Gasteiger partial charge in [-0.15, -0.1) is 0 Å². The molecule has 0 spiro atoms. The van der Waals surface area contributed by atoms with Crippen LogP contribution in [0.2, 0.25) is 0 Å². The second-order valence-corrected chi connectivity index (χ2v) is 4.93. The summed E-state index contributed by atoms with van der Waals surface area (Å²) >= 11 is 0. The van der Waals surface area contributed by atoms with E-state index in [-0.39, 0.29) is 6.61 Å². The number of carbonyl (C=O) groups is 1. The molecule has 1 N–H and O–H groups in total. The number of methoxy groups -OCH3 is 2. The Kier molecular flexibility index (Phi) is 6.29. The monoisotopic (exact) mass is 315 g/mol. The molecular formula is C18H21NO4. The van der Waals surface area contributed by atoms with E-state index in [0.717, 1.165) is 11.1 Å². The zero-order valence-electron chi connectivity index (χ0n) is 13.4. The number of nitrogens with one attached hydrogen (secondary N) is 1. The second kappa shape index (κ2) is 8.68. The SMILES string of the molecule is COc1ccc(CCNC(=O)OCc2ccccc2)cc1OC. The number of rotatable bonds is 7. The van der Waals surface area contributed by atoms with E-state index in [0.29, 0.717) is 24.5 Å². The van der Waals surface area contributed by atoms with E-state index in [1.165, 1.54) is 0 Å². The Hall–Kier alpha value is -2.69. The summed E-state index contributed by atoms with van der Waals surface area (Å²) in [5.41, 5.74) is 2.01. The first-order chi connectivity index (χ1) is 11.2. The first-order valence-electron chi connectivity index (χ1n) is 7.38. The first-order valence-corrected chi connectivity index (χ1v) is 7.38. The molecular weight excluding hydrogens is 294 g/mol. The van der Waals surface area contributed by atoms with Crippen LogP contribution in [0.5, 0.6) is 11.5 Å². The molecule has 1 amide bonds. The maximum atomic E-state index is 11.7. The number of hydrogen-bond acceptors (Lipinski definition) is 4.